The lowest BCUT2D eigenvalue weighted by atomic mass is 10.1. The van der Waals surface area contributed by atoms with E-state index in [1.807, 2.05) is 0 Å². The summed E-state index contributed by atoms with van der Waals surface area (Å²) in [6.45, 7) is 7.04. The van der Waals surface area contributed by atoms with Gasteiger partial charge in [-0.05, 0) is 62.7 Å². The molecule has 0 aliphatic carbocycles. The molecule has 0 fully saturated rings. The van der Waals surface area contributed by atoms with E-state index in [1.165, 1.54) is 26.1 Å². The minimum Gasteiger partial charge on any atom is -0.443 e. The third kappa shape index (κ3) is 7.04. The Morgan fingerprint density at radius 3 is 2.20 bits per heavy atom. The number of ether oxygens (including phenoxy) is 2. The van der Waals surface area contributed by atoms with Crippen LogP contribution in [0.5, 0.6) is 0 Å². The molecule has 0 aliphatic heterocycles. The third-order valence-corrected chi connectivity index (χ3v) is 3.04. The zero-order valence-electron chi connectivity index (χ0n) is 14.6. The van der Waals surface area contributed by atoms with Crippen molar-refractivity contribution in [3.05, 3.63) is 32.9 Å². The number of hydrogen-bond donors (Lipinski definition) is 0. The number of anilines is 1. The fourth-order valence-electron chi connectivity index (χ4n) is 1.69. The van der Waals surface area contributed by atoms with Crippen LogP contribution in [-0.2, 0) is 9.47 Å². The van der Waals surface area contributed by atoms with Gasteiger partial charge in [0, 0.05) is 15.6 Å². The molecular weight excluding hydrogens is 398 g/mol. The van der Waals surface area contributed by atoms with Crippen molar-refractivity contribution in [2.24, 2.45) is 0 Å². The minimum absolute atomic E-state index is 0.0284. The Morgan fingerprint density at radius 1 is 1.20 bits per heavy atom. The molecule has 0 saturated carbocycles. The maximum atomic E-state index is 12.5. The van der Waals surface area contributed by atoms with Gasteiger partial charge in [-0.2, -0.15) is 4.90 Å². The largest absolute Gasteiger partial charge is 0.443 e. The Morgan fingerprint density at radius 2 is 1.76 bits per heavy atom. The number of carbonyl (C=O) groups excluding carboxylic acids is 2. The topological polar surface area (TPSA) is 112 Å². The quantitative estimate of drug-likeness (QED) is 0.540. The molecule has 0 bridgehead atoms. The van der Waals surface area contributed by atoms with Crippen molar-refractivity contribution < 1.29 is 24.0 Å². The SMILES string of the molecule is CC(C)(C)OC(=O)N(C(=O)OC(C)(C)C[N+](=O)[O-])c1ccc(Br)cn1. The van der Waals surface area contributed by atoms with Crippen LogP contribution in [-0.4, -0.2) is 39.8 Å². The molecule has 9 nitrogen and oxygen atoms in total. The zero-order chi connectivity index (χ0) is 19.4. The number of rotatable bonds is 4. The highest BCUT2D eigenvalue weighted by molar-refractivity contribution is 9.10. The van der Waals surface area contributed by atoms with Crippen LogP contribution in [0.25, 0.3) is 0 Å². The predicted octanol–water partition coefficient (Wildman–Crippen LogP) is 3.78. The smallest absolute Gasteiger partial charge is 0.426 e. The summed E-state index contributed by atoms with van der Waals surface area (Å²) < 4.78 is 11.0. The molecule has 0 spiro atoms. The Kier molecular flexibility index (Phi) is 6.47. The molecule has 0 unspecified atom stereocenters. The molecule has 0 atom stereocenters. The number of amides is 2. The first kappa shape index (κ1) is 20.8. The summed E-state index contributed by atoms with van der Waals surface area (Å²) >= 11 is 3.21. The fourth-order valence-corrected chi connectivity index (χ4v) is 1.93. The van der Waals surface area contributed by atoms with E-state index >= 15 is 0 Å². The van der Waals surface area contributed by atoms with Crippen LogP contribution in [0.15, 0.2) is 22.8 Å². The molecule has 0 N–H and O–H groups in total. The van der Waals surface area contributed by atoms with Crippen molar-refractivity contribution in [3.8, 4) is 0 Å². The van der Waals surface area contributed by atoms with Gasteiger partial charge in [0.2, 0.25) is 6.54 Å². The van der Waals surface area contributed by atoms with Crippen LogP contribution >= 0.6 is 15.9 Å². The Labute approximate surface area is 153 Å². The second-order valence-corrected chi connectivity index (χ2v) is 7.68. The van der Waals surface area contributed by atoms with E-state index in [0.717, 1.165) is 0 Å². The maximum Gasteiger partial charge on any atom is 0.426 e. The summed E-state index contributed by atoms with van der Waals surface area (Å²) in [7, 11) is 0. The Bertz CT molecular complexity index is 654. The summed E-state index contributed by atoms with van der Waals surface area (Å²) in [6, 6.07) is 2.99. The maximum absolute atomic E-state index is 12.5. The molecular formula is C15H20BrN3O6. The van der Waals surface area contributed by atoms with Crippen LogP contribution < -0.4 is 4.90 Å². The third-order valence-electron chi connectivity index (χ3n) is 2.57. The summed E-state index contributed by atoms with van der Waals surface area (Å²) in [5, 5.41) is 10.7. The van der Waals surface area contributed by atoms with Crippen molar-refractivity contribution in [2.75, 3.05) is 11.4 Å². The number of imide groups is 1. The monoisotopic (exact) mass is 417 g/mol. The molecule has 138 valence electrons. The number of nitro groups is 1. The molecule has 10 heteroatoms. The van der Waals surface area contributed by atoms with Gasteiger partial charge in [-0.25, -0.2) is 14.6 Å². The highest BCUT2D eigenvalue weighted by Gasteiger charge is 2.37. The van der Waals surface area contributed by atoms with Gasteiger partial charge in [-0.15, -0.1) is 0 Å². The fraction of sp³-hybridized carbons (Fsp3) is 0.533. The minimum atomic E-state index is -1.42. The number of pyridine rings is 1. The van der Waals surface area contributed by atoms with Crippen LogP contribution in [0.4, 0.5) is 15.4 Å². The molecule has 1 aromatic heterocycles. The summed E-state index contributed by atoms with van der Waals surface area (Å²) in [5.74, 6) is -0.0284. The van der Waals surface area contributed by atoms with Crippen LogP contribution in [0, 0.1) is 10.1 Å². The van der Waals surface area contributed by atoms with E-state index in [-0.39, 0.29) is 5.82 Å². The molecule has 1 rings (SSSR count). The molecule has 0 radical (unpaired) electrons. The summed E-state index contributed by atoms with van der Waals surface area (Å²) in [6.07, 6.45) is -0.720. The van der Waals surface area contributed by atoms with Crippen molar-refractivity contribution >= 4 is 33.9 Å². The first-order valence-corrected chi connectivity index (χ1v) is 8.09. The van der Waals surface area contributed by atoms with Gasteiger partial charge in [0.25, 0.3) is 0 Å². The lowest BCUT2D eigenvalue weighted by molar-refractivity contribution is -0.497. The van der Waals surface area contributed by atoms with E-state index in [1.54, 1.807) is 26.8 Å². The molecule has 0 aromatic carbocycles. The second kappa shape index (κ2) is 7.77. The van der Waals surface area contributed by atoms with Crippen molar-refractivity contribution in [1.82, 2.24) is 4.98 Å². The van der Waals surface area contributed by atoms with E-state index in [0.29, 0.717) is 9.37 Å². The van der Waals surface area contributed by atoms with E-state index in [4.69, 9.17) is 9.47 Å². The first-order valence-electron chi connectivity index (χ1n) is 7.30. The number of nitrogens with zero attached hydrogens (tertiary/aromatic N) is 3. The summed E-state index contributed by atoms with van der Waals surface area (Å²) in [4.78, 5) is 39.6. The lowest BCUT2D eigenvalue weighted by Gasteiger charge is -2.28. The van der Waals surface area contributed by atoms with Gasteiger partial charge in [0.15, 0.2) is 5.60 Å². The number of aromatic nitrogens is 1. The zero-order valence-corrected chi connectivity index (χ0v) is 16.2. The average molecular weight is 418 g/mol. The van der Waals surface area contributed by atoms with Gasteiger partial charge in [0.1, 0.15) is 11.4 Å². The first-order chi connectivity index (χ1) is 11.3. The van der Waals surface area contributed by atoms with Crippen molar-refractivity contribution in [1.29, 1.82) is 0 Å². The normalized spacial score (nSPS) is 11.6. The van der Waals surface area contributed by atoms with Crippen molar-refractivity contribution in [3.63, 3.8) is 0 Å². The number of hydrogen-bond acceptors (Lipinski definition) is 7. The van der Waals surface area contributed by atoms with E-state index in [9.17, 15) is 19.7 Å². The number of carbonyl (C=O) groups is 2. The standard InChI is InChI=1S/C15H20BrN3O6/c1-14(2,3)24-12(20)19(11-7-6-10(16)8-17-11)13(21)25-15(4,5)9-18(22)23/h6-8H,9H2,1-5H3. The predicted molar refractivity (Wildman–Crippen MR) is 93.1 cm³/mol. The molecule has 2 amide bonds. The van der Waals surface area contributed by atoms with E-state index in [2.05, 4.69) is 20.9 Å². The average Bonchev–Trinajstić information content (AvgIpc) is 2.36. The van der Waals surface area contributed by atoms with Gasteiger partial charge in [-0.3, -0.25) is 10.1 Å². The van der Waals surface area contributed by atoms with Gasteiger partial charge in [-0.1, -0.05) is 0 Å². The molecule has 1 aromatic rings. The van der Waals surface area contributed by atoms with Crippen LogP contribution in [0.1, 0.15) is 34.6 Å². The van der Waals surface area contributed by atoms with Crippen LogP contribution in [0.2, 0.25) is 0 Å². The lowest BCUT2D eigenvalue weighted by Crippen LogP contribution is -2.46. The molecule has 1 heterocycles. The second-order valence-electron chi connectivity index (χ2n) is 6.77. The van der Waals surface area contributed by atoms with Crippen LogP contribution in [0.3, 0.4) is 0 Å². The highest BCUT2D eigenvalue weighted by Crippen LogP contribution is 2.21. The highest BCUT2D eigenvalue weighted by atomic mass is 79.9. The number of halogens is 1. The van der Waals surface area contributed by atoms with Gasteiger partial charge >= 0.3 is 12.2 Å². The molecule has 0 saturated heterocycles. The molecule has 0 aliphatic rings. The van der Waals surface area contributed by atoms with E-state index < -0.39 is 34.9 Å². The van der Waals surface area contributed by atoms with Gasteiger partial charge < -0.3 is 9.47 Å². The Hall–Kier alpha value is -2.23. The molecule has 25 heavy (non-hydrogen) atoms. The van der Waals surface area contributed by atoms with Gasteiger partial charge in [0.05, 0.1) is 0 Å². The summed E-state index contributed by atoms with van der Waals surface area (Å²) in [5.41, 5.74) is -2.28. The van der Waals surface area contributed by atoms with Crippen molar-refractivity contribution in [2.45, 2.75) is 45.8 Å². The Balaban J connectivity index is 3.13.